The molecule has 0 saturated heterocycles. The number of carboxylic acids is 1. The maximum Gasteiger partial charge on any atom is 0.348 e. The third-order valence-corrected chi connectivity index (χ3v) is 5.22. The van der Waals surface area contributed by atoms with E-state index in [1.54, 1.807) is 48.5 Å². The third kappa shape index (κ3) is 4.62. The van der Waals surface area contributed by atoms with Gasteiger partial charge in [-0.15, -0.1) is 0 Å². The summed E-state index contributed by atoms with van der Waals surface area (Å²) in [7, 11) is 4.28. The van der Waals surface area contributed by atoms with E-state index in [0.29, 0.717) is 11.1 Å². The van der Waals surface area contributed by atoms with Crippen LogP contribution in [0.25, 0.3) is 0 Å². The van der Waals surface area contributed by atoms with Crippen molar-refractivity contribution in [3.8, 4) is 17.8 Å². The van der Waals surface area contributed by atoms with E-state index in [-0.39, 0.29) is 17.8 Å². The average Bonchev–Trinajstić information content (AvgIpc) is 2.80. The molecule has 9 heteroatoms. The molecule has 0 aliphatic heterocycles. The van der Waals surface area contributed by atoms with Crippen molar-refractivity contribution in [3.05, 3.63) is 76.3 Å². The largest absolute Gasteiger partial charge is 0.481 e. The molecule has 0 saturated carbocycles. The molecule has 0 aliphatic rings. The summed E-state index contributed by atoms with van der Waals surface area (Å²) in [6.45, 7) is 0. The molecule has 0 radical (unpaired) electrons. The second-order valence-electron chi connectivity index (χ2n) is 6.38. The van der Waals surface area contributed by atoms with Gasteiger partial charge in [-0.25, -0.2) is 4.79 Å². The van der Waals surface area contributed by atoms with Gasteiger partial charge >= 0.3 is 12.0 Å². The zero-order valence-electron chi connectivity index (χ0n) is 17.1. The Morgan fingerprint density at radius 1 is 0.935 bits per heavy atom. The minimum Gasteiger partial charge on any atom is -0.481 e. The van der Waals surface area contributed by atoms with Crippen LogP contribution in [-0.4, -0.2) is 48.5 Å². The van der Waals surface area contributed by atoms with Crippen LogP contribution < -0.4 is 14.2 Å². The van der Waals surface area contributed by atoms with E-state index in [2.05, 4.69) is 25.9 Å². The molecular formula is C22H21BrN2O6. The van der Waals surface area contributed by atoms with Crippen molar-refractivity contribution in [3.63, 3.8) is 0 Å². The Kier molecular flexibility index (Phi) is 7.09. The van der Waals surface area contributed by atoms with Gasteiger partial charge in [0.15, 0.2) is 5.60 Å². The van der Waals surface area contributed by atoms with E-state index in [9.17, 15) is 9.90 Å². The first kappa shape index (κ1) is 22.5. The maximum atomic E-state index is 12.5. The number of aliphatic carboxylic acids is 1. The highest BCUT2D eigenvalue weighted by atomic mass is 79.9. The van der Waals surface area contributed by atoms with Gasteiger partial charge in [-0.3, -0.25) is 0 Å². The van der Waals surface area contributed by atoms with Crippen molar-refractivity contribution in [2.45, 2.75) is 11.7 Å². The van der Waals surface area contributed by atoms with Crippen LogP contribution in [0.2, 0.25) is 0 Å². The van der Waals surface area contributed by atoms with Crippen LogP contribution in [-0.2, 0) is 15.1 Å². The van der Waals surface area contributed by atoms with Gasteiger partial charge in [0.25, 0.3) is 0 Å². The average molecular weight is 489 g/mol. The Balaban J connectivity index is 2.19. The first-order valence-corrected chi connectivity index (χ1v) is 9.97. The molecule has 0 aliphatic carbocycles. The fourth-order valence-electron chi connectivity index (χ4n) is 3.25. The predicted octanol–water partition coefficient (Wildman–Crippen LogP) is 3.68. The van der Waals surface area contributed by atoms with Gasteiger partial charge in [0.1, 0.15) is 0 Å². The summed E-state index contributed by atoms with van der Waals surface area (Å²) in [5, 5.41) is 10.2. The number of hydrogen-bond donors (Lipinski definition) is 1. The number of aromatic nitrogens is 2. The molecule has 2 aromatic carbocycles. The van der Waals surface area contributed by atoms with Crippen LogP contribution >= 0.6 is 15.9 Å². The Labute approximate surface area is 187 Å². The van der Waals surface area contributed by atoms with Gasteiger partial charge in [-0.2, -0.15) is 9.97 Å². The van der Waals surface area contributed by atoms with Crippen LogP contribution in [0.5, 0.6) is 17.8 Å². The smallest absolute Gasteiger partial charge is 0.348 e. The fraction of sp³-hybridized carbons (Fsp3) is 0.227. The Hall–Kier alpha value is -3.17. The molecule has 3 aromatic rings. The molecule has 1 N–H and O–H groups in total. The highest BCUT2D eigenvalue weighted by molar-refractivity contribution is 9.10. The lowest BCUT2D eigenvalue weighted by Crippen LogP contribution is -2.50. The zero-order chi connectivity index (χ0) is 22.4. The molecule has 0 spiro atoms. The molecule has 8 nitrogen and oxygen atoms in total. The van der Waals surface area contributed by atoms with Crippen molar-refractivity contribution in [1.29, 1.82) is 0 Å². The first-order chi connectivity index (χ1) is 14.9. The zero-order valence-corrected chi connectivity index (χ0v) is 18.7. The molecular weight excluding hydrogens is 468 g/mol. The summed E-state index contributed by atoms with van der Waals surface area (Å²) in [6.07, 6.45) is -1.54. The van der Waals surface area contributed by atoms with Crippen LogP contribution in [0.4, 0.5) is 0 Å². The van der Waals surface area contributed by atoms with E-state index >= 15 is 0 Å². The Morgan fingerprint density at radius 2 is 1.48 bits per heavy atom. The number of carbonyl (C=O) groups is 1. The Bertz CT molecular complexity index is 1010. The molecule has 0 amide bonds. The molecule has 0 fully saturated rings. The minimum atomic E-state index is -1.54. The summed E-state index contributed by atoms with van der Waals surface area (Å²) in [5.74, 6) is -0.936. The third-order valence-electron chi connectivity index (χ3n) is 4.69. The normalized spacial score (nSPS) is 13.7. The quantitative estimate of drug-likeness (QED) is 0.486. The summed E-state index contributed by atoms with van der Waals surface area (Å²) >= 11 is 3.41. The van der Waals surface area contributed by atoms with E-state index in [1.165, 1.54) is 27.4 Å². The van der Waals surface area contributed by atoms with Crippen molar-refractivity contribution < 1.29 is 28.8 Å². The second-order valence-corrected chi connectivity index (χ2v) is 7.30. The lowest BCUT2D eigenvalue weighted by molar-refractivity contribution is -0.160. The summed E-state index contributed by atoms with van der Waals surface area (Å²) in [5.41, 5.74) is -0.346. The second kappa shape index (κ2) is 9.76. The number of halogens is 1. The van der Waals surface area contributed by atoms with Gasteiger partial charge in [-0.05, 0) is 23.3 Å². The first-order valence-electron chi connectivity index (χ1n) is 9.17. The van der Waals surface area contributed by atoms with Gasteiger partial charge in [0.2, 0.25) is 17.9 Å². The van der Waals surface area contributed by atoms with Crippen molar-refractivity contribution in [2.75, 3.05) is 21.3 Å². The molecule has 3 rings (SSSR count). The molecule has 0 bridgehead atoms. The number of rotatable bonds is 9. The summed E-state index contributed by atoms with van der Waals surface area (Å²) in [6, 6.07) is 17.4. The molecule has 2 atom stereocenters. The standard InChI is InChI=1S/C22H21BrN2O6/c1-28-17-13-18(29-2)25-21(24-17)31-19(20(26)27)22(30-3,14-7-5-4-6-8-14)15-9-11-16(23)12-10-15/h4-13,19H,1-3H3,(H,26,27). The van der Waals surface area contributed by atoms with E-state index in [1.807, 2.05) is 6.07 Å². The number of hydrogen-bond acceptors (Lipinski definition) is 7. The number of nitrogens with zero attached hydrogens (tertiary/aromatic N) is 2. The maximum absolute atomic E-state index is 12.5. The topological polar surface area (TPSA) is 100 Å². The number of methoxy groups -OCH3 is 3. The summed E-state index contributed by atoms with van der Waals surface area (Å²) in [4.78, 5) is 20.7. The molecule has 2 unspecified atom stereocenters. The number of benzene rings is 2. The van der Waals surface area contributed by atoms with Gasteiger partial charge in [0, 0.05) is 11.6 Å². The molecule has 31 heavy (non-hydrogen) atoms. The monoisotopic (exact) mass is 488 g/mol. The number of carboxylic acid groups (broad SMARTS) is 1. The van der Waals surface area contributed by atoms with Gasteiger partial charge in [-0.1, -0.05) is 58.4 Å². The predicted molar refractivity (Wildman–Crippen MR) is 116 cm³/mol. The Morgan fingerprint density at radius 3 is 1.97 bits per heavy atom. The van der Waals surface area contributed by atoms with Crippen LogP contribution in [0.1, 0.15) is 11.1 Å². The van der Waals surface area contributed by atoms with Gasteiger partial charge in [0.05, 0.1) is 20.3 Å². The van der Waals surface area contributed by atoms with Gasteiger partial charge < -0.3 is 24.1 Å². The molecule has 162 valence electrons. The fourth-order valence-corrected chi connectivity index (χ4v) is 3.52. The van der Waals surface area contributed by atoms with Crippen molar-refractivity contribution in [1.82, 2.24) is 9.97 Å². The van der Waals surface area contributed by atoms with Crippen LogP contribution in [0.3, 0.4) is 0 Å². The molecule has 1 aromatic heterocycles. The van der Waals surface area contributed by atoms with Crippen LogP contribution in [0, 0.1) is 0 Å². The van der Waals surface area contributed by atoms with E-state index < -0.39 is 17.7 Å². The lowest BCUT2D eigenvalue weighted by Gasteiger charge is -2.37. The van der Waals surface area contributed by atoms with E-state index in [4.69, 9.17) is 18.9 Å². The lowest BCUT2D eigenvalue weighted by atomic mass is 9.81. The SMILES string of the molecule is COc1cc(OC)nc(OC(C(=O)O)C(OC)(c2ccccc2)c2ccc(Br)cc2)n1. The van der Waals surface area contributed by atoms with Crippen molar-refractivity contribution in [2.24, 2.45) is 0 Å². The minimum absolute atomic E-state index is 0.164. The van der Waals surface area contributed by atoms with Crippen molar-refractivity contribution >= 4 is 21.9 Å². The van der Waals surface area contributed by atoms with E-state index in [0.717, 1.165) is 4.47 Å². The number of ether oxygens (including phenoxy) is 4. The highest BCUT2D eigenvalue weighted by Gasteiger charge is 2.49. The summed E-state index contributed by atoms with van der Waals surface area (Å²) < 4.78 is 22.9. The van der Waals surface area contributed by atoms with Crippen LogP contribution in [0.15, 0.2) is 65.1 Å². The highest BCUT2D eigenvalue weighted by Crippen LogP contribution is 2.39. The molecule has 1 heterocycles.